The monoisotopic (exact) mass is 355 g/mol. The highest BCUT2D eigenvalue weighted by molar-refractivity contribution is 9.10. The van der Waals surface area contributed by atoms with E-state index in [4.69, 9.17) is 9.84 Å². The average molecular weight is 356 g/mol. The van der Waals surface area contributed by atoms with Crippen molar-refractivity contribution in [1.82, 2.24) is 0 Å². The maximum Gasteiger partial charge on any atom is 0.337 e. The summed E-state index contributed by atoms with van der Waals surface area (Å²) in [6, 6.07) is 6.24. The summed E-state index contributed by atoms with van der Waals surface area (Å²) < 4.78 is 5.63. The third-order valence-corrected chi connectivity index (χ3v) is 3.90. The Labute approximate surface area is 127 Å². The maximum absolute atomic E-state index is 12.0. The van der Waals surface area contributed by atoms with Gasteiger partial charge in [-0.05, 0) is 18.2 Å². The largest absolute Gasteiger partial charge is 0.496 e. The van der Waals surface area contributed by atoms with Crippen LogP contribution in [0.1, 0.15) is 20.0 Å². The van der Waals surface area contributed by atoms with Gasteiger partial charge in [-0.1, -0.05) is 15.9 Å². The van der Waals surface area contributed by atoms with Crippen LogP contribution in [0.15, 0.2) is 34.1 Å². The zero-order valence-electron chi connectivity index (χ0n) is 10.3. The van der Waals surface area contributed by atoms with E-state index in [9.17, 15) is 9.59 Å². The zero-order chi connectivity index (χ0) is 14.7. The minimum absolute atomic E-state index is 0.0243. The van der Waals surface area contributed by atoms with E-state index in [2.05, 4.69) is 21.2 Å². The van der Waals surface area contributed by atoms with Gasteiger partial charge in [-0.25, -0.2) is 4.79 Å². The number of anilines is 1. The number of hydrogen-bond donors (Lipinski definition) is 2. The molecule has 0 saturated heterocycles. The fourth-order valence-corrected chi connectivity index (χ4v) is 2.64. The van der Waals surface area contributed by atoms with Crippen molar-refractivity contribution in [3.05, 3.63) is 44.6 Å². The van der Waals surface area contributed by atoms with Gasteiger partial charge in [-0.2, -0.15) is 0 Å². The second-order valence-electron chi connectivity index (χ2n) is 3.80. The molecule has 1 aromatic carbocycles. The molecule has 5 nitrogen and oxygen atoms in total. The van der Waals surface area contributed by atoms with Crippen molar-refractivity contribution >= 4 is 44.8 Å². The van der Waals surface area contributed by atoms with Gasteiger partial charge in [-0.15, -0.1) is 11.3 Å². The SMILES string of the molecule is COc1csc(C(=O)Nc2ccc(Br)cc2C(=O)O)c1. The number of amides is 1. The molecule has 0 spiro atoms. The van der Waals surface area contributed by atoms with Crippen LogP contribution in [-0.4, -0.2) is 24.1 Å². The van der Waals surface area contributed by atoms with Gasteiger partial charge in [-0.3, -0.25) is 4.79 Å². The quantitative estimate of drug-likeness (QED) is 0.880. The molecule has 0 atom stereocenters. The minimum atomic E-state index is -1.11. The number of benzene rings is 1. The predicted molar refractivity (Wildman–Crippen MR) is 79.9 cm³/mol. The molecule has 0 bridgehead atoms. The number of carboxylic acid groups (broad SMARTS) is 1. The van der Waals surface area contributed by atoms with Gasteiger partial charge in [0.2, 0.25) is 0 Å². The molecular formula is C13H10BrNO4S. The summed E-state index contributed by atoms with van der Waals surface area (Å²) in [6.45, 7) is 0. The van der Waals surface area contributed by atoms with Crippen LogP contribution in [0.3, 0.4) is 0 Å². The van der Waals surface area contributed by atoms with Crippen molar-refractivity contribution in [2.45, 2.75) is 0 Å². The van der Waals surface area contributed by atoms with E-state index >= 15 is 0 Å². The van der Waals surface area contributed by atoms with Crippen LogP contribution in [-0.2, 0) is 0 Å². The number of carboxylic acids is 1. The van der Waals surface area contributed by atoms with Gasteiger partial charge in [0.05, 0.1) is 23.2 Å². The standard InChI is InChI=1S/C13H10BrNO4S/c1-19-8-5-11(20-6-8)12(16)15-10-3-2-7(14)4-9(10)13(17)18/h2-6H,1H3,(H,15,16)(H,17,18). The van der Waals surface area contributed by atoms with Crippen LogP contribution in [0, 0.1) is 0 Å². The van der Waals surface area contributed by atoms with Gasteiger partial charge in [0.1, 0.15) is 5.75 Å². The molecule has 0 fully saturated rings. The molecule has 0 radical (unpaired) electrons. The van der Waals surface area contributed by atoms with E-state index < -0.39 is 5.97 Å². The summed E-state index contributed by atoms with van der Waals surface area (Å²) in [5.74, 6) is -0.886. The Morgan fingerprint density at radius 2 is 2.10 bits per heavy atom. The molecule has 7 heteroatoms. The number of thiophene rings is 1. The van der Waals surface area contributed by atoms with E-state index in [1.54, 1.807) is 17.5 Å². The normalized spacial score (nSPS) is 10.1. The predicted octanol–water partition coefficient (Wildman–Crippen LogP) is 3.47. The fraction of sp³-hybridized carbons (Fsp3) is 0.0769. The fourth-order valence-electron chi connectivity index (χ4n) is 1.53. The summed E-state index contributed by atoms with van der Waals surface area (Å²) in [7, 11) is 1.51. The van der Waals surface area contributed by atoms with Gasteiger partial charge >= 0.3 is 5.97 Å². The molecule has 20 heavy (non-hydrogen) atoms. The molecule has 0 aliphatic rings. The Morgan fingerprint density at radius 1 is 1.35 bits per heavy atom. The van der Waals surface area contributed by atoms with E-state index in [1.165, 1.54) is 30.6 Å². The maximum atomic E-state index is 12.0. The lowest BCUT2D eigenvalue weighted by atomic mass is 10.2. The summed E-state index contributed by atoms with van der Waals surface area (Å²) >= 11 is 4.42. The smallest absolute Gasteiger partial charge is 0.337 e. The van der Waals surface area contributed by atoms with Gasteiger partial charge < -0.3 is 15.2 Å². The Morgan fingerprint density at radius 3 is 2.70 bits per heavy atom. The lowest BCUT2D eigenvalue weighted by molar-refractivity contribution is 0.0698. The summed E-state index contributed by atoms with van der Waals surface area (Å²) in [5, 5.41) is 13.4. The summed E-state index contributed by atoms with van der Waals surface area (Å²) in [5.41, 5.74) is 0.273. The summed E-state index contributed by atoms with van der Waals surface area (Å²) in [4.78, 5) is 23.6. The van der Waals surface area contributed by atoms with E-state index in [0.29, 0.717) is 15.1 Å². The number of carbonyl (C=O) groups excluding carboxylic acids is 1. The van der Waals surface area contributed by atoms with Crippen molar-refractivity contribution in [2.75, 3.05) is 12.4 Å². The summed E-state index contributed by atoms with van der Waals surface area (Å²) in [6.07, 6.45) is 0. The van der Waals surface area contributed by atoms with E-state index in [-0.39, 0.29) is 17.2 Å². The van der Waals surface area contributed by atoms with Crippen molar-refractivity contribution in [1.29, 1.82) is 0 Å². The first-order valence-corrected chi connectivity index (χ1v) is 7.15. The molecule has 2 rings (SSSR count). The van der Waals surface area contributed by atoms with Crippen molar-refractivity contribution in [2.24, 2.45) is 0 Å². The van der Waals surface area contributed by atoms with Crippen LogP contribution >= 0.6 is 27.3 Å². The first-order chi connectivity index (χ1) is 9.51. The van der Waals surface area contributed by atoms with Crippen molar-refractivity contribution in [3.63, 3.8) is 0 Å². The number of carbonyl (C=O) groups is 2. The average Bonchev–Trinajstić information content (AvgIpc) is 2.89. The van der Waals surface area contributed by atoms with E-state index in [1.807, 2.05) is 0 Å². The van der Waals surface area contributed by atoms with E-state index in [0.717, 1.165) is 0 Å². The lowest BCUT2D eigenvalue weighted by Gasteiger charge is -2.07. The Hall–Kier alpha value is -1.86. The number of nitrogens with one attached hydrogen (secondary N) is 1. The molecule has 0 saturated carbocycles. The molecule has 1 heterocycles. The van der Waals surface area contributed by atoms with Crippen LogP contribution in [0.25, 0.3) is 0 Å². The van der Waals surface area contributed by atoms with Gasteiger partial charge in [0.25, 0.3) is 5.91 Å². The number of rotatable bonds is 4. The van der Waals surface area contributed by atoms with Crippen molar-refractivity contribution < 1.29 is 19.4 Å². The highest BCUT2D eigenvalue weighted by Gasteiger charge is 2.15. The molecule has 1 aromatic heterocycles. The third kappa shape index (κ3) is 3.17. The Balaban J connectivity index is 2.25. The Kier molecular flexibility index (Phi) is 4.41. The van der Waals surface area contributed by atoms with Gasteiger partial charge in [0, 0.05) is 15.9 Å². The van der Waals surface area contributed by atoms with Crippen LogP contribution < -0.4 is 10.1 Å². The van der Waals surface area contributed by atoms with Crippen LogP contribution in [0.4, 0.5) is 5.69 Å². The molecular weight excluding hydrogens is 346 g/mol. The molecule has 1 amide bonds. The second-order valence-corrected chi connectivity index (χ2v) is 5.63. The van der Waals surface area contributed by atoms with Gasteiger partial charge in [0.15, 0.2) is 0 Å². The topological polar surface area (TPSA) is 75.6 Å². The first-order valence-electron chi connectivity index (χ1n) is 5.48. The number of aromatic carboxylic acids is 1. The lowest BCUT2D eigenvalue weighted by Crippen LogP contribution is -2.13. The Bertz CT molecular complexity index is 668. The van der Waals surface area contributed by atoms with Crippen LogP contribution in [0.2, 0.25) is 0 Å². The minimum Gasteiger partial charge on any atom is -0.496 e. The molecule has 2 aromatic rings. The highest BCUT2D eigenvalue weighted by Crippen LogP contribution is 2.25. The third-order valence-electron chi connectivity index (χ3n) is 2.50. The van der Waals surface area contributed by atoms with Crippen LogP contribution in [0.5, 0.6) is 5.75 Å². The number of methoxy groups -OCH3 is 1. The molecule has 0 aliphatic heterocycles. The zero-order valence-corrected chi connectivity index (χ0v) is 12.7. The molecule has 104 valence electrons. The molecule has 0 aliphatic carbocycles. The highest BCUT2D eigenvalue weighted by atomic mass is 79.9. The number of ether oxygens (including phenoxy) is 1. The molecule has 0 unspecified atom stereocenters. The van der Waals surface area contributed by atoms with Crippen molar-refractivity contribution in [3.8, 4) is 5.75 Å². The second kappa shape index (κ2) is 6.06. The number of hydrogen-bond acceptors (Lipinski definition) is 4. The number of halogens is 1. The first kappa shape index (κ1) is 14.5. The molecule has 2 N–H and O–H groups in total.